The number of benzene rings is 1. The Morgan fingerprint density at radius 3 is 2.48 bits per heavy atom. The van der Waals surface area contributed by atoms with E-state index in [0.717, 1.165) is 24.9 Å². The second-order valence-corrected chi connectivity index (χ2v) is 6.03. The van der Waals surface area contributed by atoms with E-state index < -0.39 is 10.9 Å². The highest BCUT2D eigenvalue weighted by Crippen LogP contribution is 2.19. The number of rotatable bonds is 9. The van der Waals surface area contributed by atoms with Gasteiger partial charge in [-0.1, -0.05) is 24.6 Å². The van der Waals surface area contributed by atoms with Gasteiger partial charge in [-0.05, 0) is 31.2 Å². The first-order chi connectivity index (χ1) is 11.1. The van der Waals surface area contributed by atoms with Gasteiger partial charge in [0.25, 0.3) is 5.43 Å². The van der Waals surface area contributed by atoms with Crippen molar-refractivity contribution in [3.05, 3.63) is 50.8 Å². The van der Waals surface area contributed by atoms with Crippen LogP contribution in [0.25, 0.3) is 0 Å². The van der Waals surface area contributed by atoms with Gasteiger partial charge in [-0.15, -0.1) is 11.8 Å². The van der Waals surface area contributed by atoms with Gasteiger partial charge in [-0.3, -0.25) is 14.4 Å². The van der Waals surface area contributed by atoms with Gasteiger partial charge in [0.1, 0.15) is 5.69 Å². The summed E-state index contributed by atoms with van der Waals surface area (Å²) in [6.07, 6.45) is 4.80. The van der Waals surface area contributed by atoms with E-state index in [9.17, 15) is 14.4 Å². The van der Waals surface area contributed by atoms with Crippen LogP contribution in [-0.4, -0.2) is 18.7 Å². The summed E-state index contributed by atoms with van der Waals surface area (Å²) >= 11 is 1.30. The molecule has 0 unspecified atom stereocenters. The van der Waals surface area contributed by atoms with Crippen LogP contribution in [0.3, 0.4) is 0 Å². The first kappa shape index (κ1) is 17.3. The van der Waals surface area contributed by atoms with Crippen LogP contribution in [-0.2, 0) is 4.79 Å². The zero-order chi connectivity index (χ0) is 16.7. The lowest BCUT2D eigenvalue weighted by atomic mass is 10.1. The monoisotopic (exact) mass is 332 g/mol. The van der Waals surface area contributed by atoms with Gasteiger partial charge in [0.05, 0.1) is 4.90 Å². The topological polar surface area (TPSA) is 75.3 Å². The molecule has 0 saturated carbocycles. The number of hydrogen-bond acceptors (Lipinski definition) is 5. The fourth-order valence-electron chi connectivity index (χ4n) is 2.27. The minimum Gasteiger partial charge on any atom is -0.381 e. The van der Waals surface area contributed by atoms with E-state index in [0.29, 0.717) is 23.5 Å². The fourth-order valence-corrected chi connectivity index (χ4v) is 2.92. The molecule has 0 heterocycles. The summed E-state index contributed by atoms with van der Waals surface area (Å²) in [6, 6.07) is 9.38. The van der Waals surface area contributed by atoms with Crippen LogP contribution in [0.2, 0.25) is 0 Å². The number of amides is 1. The van der Waals surface area contributed by atoms with E-state index in [1.165, 1.54) is 11.8 Å². The fraction of sp³-hybridized carbons (Fsp3) is 0.353. The van der Waals surface area contributed by atoms with E-state index >= 15 is 0 Å². The van der Waals surface area contributed by atoms with Crippen molar-refractivity contribution in [1.29, 1.82) is 0 Å². The summed E-state index contributed by atoms with van der Waals surface area (Å²) in [7, 11) is 0. The molecule has 23 heavy (non-hydrogen) atoms. The predicted molar refractivity (Wildman–Crippen MR) is 95.2 cm³/mol. The molecule has 0 radical (unpaired) electrons. The largest absolute Gasteiger partial charge is 0.381 e. The second kappa shape index (κ2) is 8.53. The van der Waals surface area contributed by atoms with E-state index in [2.05, 4.69) is 10.6 Å². The molecule has 0 aliphatic carbocycles. The van der Waals surface area contributed by atoms with Crippen molar-refractivity contribution in [2.24, 2.45) is 0 Å². The summed E-state index contributed by atoms with van der Waals surface area (Å²) in [5, 5.41) is 5.86. The molecule has 0 bridgehead atoms. The molecule has 0 saturated heterocycles. The molecule has 2 rings (SSSR count). The standard InChI is InChI=1S/C17H20N2O3S/c1-23-17-14(15(21)16(17)22)18-11-7-3-6-10-13(20)19-12-8-4-2-5-9-12/h2,4-5,8-9,18H,3,6-7,10-11H2,1H3,(H,19,20). The van der Waals surface area contributed by atoms with E-state index in [4.69, 9.17) is 0 Å². The molecule has 0 spiro atoms. The molecule has 0 aromatic heterocycles. The maximum absolute atomic E-state index is 11.8. The van der Waals surface area contributed by atoms with Crippen LogP contribution >= 0.6 is 11.8 Å². The summed E-state index contributed by atoms with van der Waals surface area (Å²) in [4.78, 5) is 34.9. The molecular formula is C17H20N2O3S. The number of para-hydroxylation sites is 1. The van der Waals surface area contributed by atoms with Crippen LogP contribution in [0.1, 0.15) is 25.7 Å². The predicted octanol–water partition coefficient (Wildman–Crippen LogP) is 2.62. The molecule has 2 aromatic carbocycles. The Balaban J connectivity index is 1.59. The Bertz CT molecular complexity index is 721. The van der Waals surface area contributed by atoms with Crippen molar-refractivity contribution in [2.75, 3.05) is 23.4 Å². The van der Waals surface area contributed by atoms with Gasteiger partial charge in [-0.2, -0.15) is 0 Å². The molecule has 5 nitrogen and oxygen atoms in total. The first-order valence-corrected chi connectivity index (χ1v) is 8.82. The van der Waals surface area contributed by atoms with Crippen molar-refractivity contribution in [2.45, 2.75) is 30.6 Å². The van der Waals surface area contributed by atoms with Gasteiger partial charge in [0.15, 0.2) is 0 Å². The van der Waals surface area contributed by atoms with Gasteiger partial charge < -0.3 is 10.6 Å². The van der Waals surface area contributed by atoms with Gasteiger partial charge in [0.2, 0.25) is 11.3 Å². The van der Waals surface area contributed by atoms with Crippen LogP contribution in [0.4, 0.5) is 11.4 Å². The average molecular weight is 332 g/mol. The van der Waals surface area contributed by atoms with Gasteiger partial charge >= 0.3 is 0 Å². The van der Waals surface area contributed by atoms with E-state index in [-0.39, 0.29) is 5.91 Å². The number of thioether (sulfide) groups is 1. The smallest absolute Gasteiger partial charge is 0.251 e. The lowest BCUT2D eigenvalue weighted by molar-refractivity contribution is -0.116. The summed E-state index contributed by atoms with van der Waals surface area (Å²) in [5.41, 5.74) is 0.447. The van der Waals surface area contributed by atoms with E-state index in [1.54, 1.807) is 6.26 Å². The Kier molecular flexibility index (Phi) is 6.40. The Morgan fingerprint density at radius 1 is 1.04 bits per heavy atom. The van der Waals surface area contributed by atoms with Gasteiger partial charge in [0, 0.05) is 18.7 Å². The Labute approximate surface area is 139 Å². The quantitative estimate of drug-likeness (QED) is 0.419. The minimum absolute atomic E-state index is 0.0105. The SMILES string of the molecule is CSc1c(NCCCCCC(=O)Nc2ccccc2)c(=O)c1=O. The lowest BCUT2D eigenvalue weighted by Gasteiger charge is -2.11. The third-order valence-corrected chi connectivity index (χ3v) is 4.31. The summed E-state index contributed by atoms with van der Waals surface area (Å²) < 4.78 is 0. The highest BCUT2D eigenvalue weighted by molar-refractivity contribution is 7.98. The van der Waals surface area contributed by atoms with Crippen molar-refractivity contribution in [1.82, 2.24) is 0 Å². The van der Waals surface area contributed by atoms with Crippen LogP contribution in [0, 0.1) is 0 Å². The maximum atomic E-state index is 11.8. The van der Waals surface area contributed by atoms with Crippen LogP contribution < -0.4 is 21.5 Å². The van der Waals surface area contributed by atoms with Crippen molar-refractivity contribution in [3.8, 4) is 0 Å². The Morgan fingerprint density at radius 2 is 1.78 bits per heavy atom. The van der Waals surface area contributed by atoms with Crippen molar-refractivity contribution in [3.63, 3.8) is 0 Å². The molecule has 2 N–H and O–H groups in total. The number of nitrogens with one attached hydrogen (secondary N) is 2. The normalized spacial score (nSPS) is 10.7. The molecule has 0 aliphatic heterocycles. The molecule has 0 fully saturated rings. The third kappa shape index (κ3) is 4.69. The number of anilines is 2. The van der Waals surface area contributed by atoms with Crippen LogP contribution in [0.5, 0.6) is 0 Å². The molecule has 0 aliphatic rings. The molecule has 2 aromatic rings. The zero-order valence-electron chi connectivity index (χ0n) is 13.1. The first-order valence-electron chi connectivity index (χ1n) is 7.59. The molecule has 0 atom stereocenters. The number of hydrogen-bond donors (Lipinski definition) is 2. The second-order valence-electron chi connectivity index (χ2n) is 5.22. The highest BCUT2D eigenvalue weighted by atomic mass is 32.2. The maximum Gasteiger partial charge on any atom is 0.251 e. The van der Waals surface area contributed by atoms with Crippen molar-refractivity contribution >= 4 is 29.0 Å². The number of unbranched alkanes of at least 4 members (excludes halogenated alkanes) is 2. The zero-order valence-corrected chi connectivity index (χ0v) is 13.9. The molecule has 122 valence electrons. The molecule has 6 heteroatoms. The Hall–Kier alpha value is -2.08. The molecule has 1 amide bonds. The minimum atomic E-state index is -0.420. The van der Waals surface area contributed by atoms with E-state index in [1.807, 2.05) is 30.3 Å². The van der Waals surface area contributed by atoms with Crippen molar-refractivity contribution < 1.29 is 4.79 Å². The van der Waals surface area contributed by atoms with Crippen LogP contribution in [0.15, 0.2) is 44.8 Å². The summed E-state index contributed by atoms with van der Waals surface area (Å²) in [5.74, 6) is 0.0105. The third-order valence-electron chi connectivity index (χ3n) is 3.51. The summed E-state index contributed by atoms with van der Waals surface area (Å²) in [6.45, 7) is 0.638. The number of carbonyl (C=O) groups excluding carboxylic acids is 1. The lowest BCUT2D eigenvalue weighted by Crippen LogP contribution is -2.36. The van der Waals surface area contributed by atoms with Gasteiger partial charge in [-0.25, -0.2) is 0 Å². The average Bonchev–Trinajstić information content (AvgIpc) is 2.57. The molecular weight excluding hydrogens is 312 g/mol. The highest BCUT2D eigenvalue weighted by Gasteiger charge is 2.18. The number of carbonyl (C=O) groups is 1.